The van der Waals surface area contributed by atoms with E-state index in [0.717, 1.165) is 43.0 Å². The number of amides is 2. The van der Waals surface area contributed by atoms with Gasteiger partial charge in [0, 0.05) is 23.2 Å². The summed E-state index contributed by atoms with van der Waals surface area (Å²) in [6.07, 6.45) is -0.320. The maximum atomic E-state index is 15.0. The topological polar surface area (TPSA) is 125 Å². The van der Waals surface area contributed by atoms with E-state index in [9.17, 15) is 46.5 Å². The quantitative estimate of drug-likeness (QED) is 0.144. The van der Waals surface area contributed by atoms with Crippen LogP contribution in [0.2, 0.25) is 0 Å². The maximum absolute atomic E-state index is 15.0. The molecule has 3 aromatic rings. The number of nitrogens with one attached hydrogen (secondary N) is 2. The Morgan fingerprint density at radius 1 is 0.939 bits per heavy atom. The van der Waals surface area contributed by atoms with Gasteiger partial charge in [0.1, 0.15) is 17.4 Å². The number of carboxylic acids is 1. The van der Waals surface area contributed by atoms with Gasteiger partial charge < -0.3 is 25.6 Å². The summed E-state index contributed by atoms with van der Waals surface area (Å²) < 4.78 is 74.6. The number of anilines is 1. The molecule has 4 unspecified atom stereocenters. The van der Waals surface area contributed by atoms with E-state index in [1.54, 1.807) is 0 Å². The number of methoxy groups -OCH3 is 1. The first-order valence-electron chi connectivity index (χ1n) is 15.9. The number of fused-ring (bicyclic) bond motifs is 2. The molecule has 4 N–H and O–H groups in total. The van der Waals surface area contributed by atoms with Crippen molar-refractivity contribution in [1.82, 2.24) is 5.32 Å². The average Bonchev–Trinajstić information content (AvgIpc) is 3.57. The van der Waals surface area contributed by atoms with Crippen molar-refractivity contribution >= 4 is 23.5 Å². The maximum Gasteiger partial charge on any atom is 0.419 e. The second-order valence-corrected chi connectivity index (χ2v) is 12.7. The van der Waals surface area contributed by atoms with Crippen LogP contribution >= 0.6 is 0 Å². The third kappa shape index (κ3) is 6.63. The fraction of sp³-hybridized carbons (Fsp3) is 0.361. The Morgan fingerprint density at radius 2 is 1.65 bits per heavy atom. The van der Waals surface area contributed by atoms with Crippen LogP contribution in [0.1, 0.15) is 59.7 Å². The molecule has 5 atom stereocenters. The van der Waals surface area contributed by atoms with Crippen molar-refractivity contribution in [2.24, 2.45) is 23.7 Å². The van der Waals surface area contributed by atoms with Crippen molar-refractivity contribution in [2.75, 3.05) is 12.4 Å². The van der Waals surface area contributed by atoms with E-state index >= 15 is 0 Å². The minimum Gasteiger partial charge on any atom is -0.496 e. The molecule has 0 heterocycles. The Hall–Kier alpha value is -4.78. The number of aliphatic hydroxyl groups excluding tert-OH is 1. The number of aliphatic carboxylic acids is 1. The molecule has 13 heteroatoms. The summed E-state index contributed by atoms with van der Waals surface area (Å²) in [6, 6.07) is 9.06. The van der Waals surface area contributed by atoms with Crippen LogP contribution in [0.25, 0.3) is 11.1 Å². The zero-order chi connectivity index (χ0) is 35.2. The summed E-state index contributed by atoms with van der Waals surface area (Å²) in [4.78, 5) is 39.1. The summed E-state index contributed by atoms with van der Waals surface area (Å²) >= 11 is 0. The fourth-order valence-corrected chi connectivity index (χ4v) is 7.31. The van der Waals surface area contributed by atoms with Gasteiger partial charge >= 0.3 is 12.1 Å². The number of halogens is 5. The number of alkyl halides is 3. The van der Waals surface area contributed by atoms with E-state index < -0.39 is 59.2 Å². The number of benzene rings is 3. The largest absolute Gasteiger partial charge is 0.496 e. The van der Waals surface area contributed by atoms with E-state index in [-0.39, 0.29) is 45.5 Å². The molecule has 3 aliphatic rings. The number of carbonyl (C=O) groups excluding carboxylic acids is 2. The van der Waals surface area contributed by atoms with E-state index in [0.29, 0.717) is 30.9 Å². The normalized spacial score (nSPS) is 23.2. The van der Waals surface area contributed by atoms with Gasteiger partial charge in [-0.3, -0.25) is 9.59 Å². The van der Waals surface area contributed by atoms with Crippen molar-refractivity contribution in [2.45, 2.75) is 50.4 Å². The third-order valence-corrected chi connectivity index (χ3v) is 9.91. The Balaban J connectivity index is 1.32. The van der Waals surface area contributed by atoms with Crippen molar-refractivity contribution in [3.63, 3.8) is 0 Å². The number of hydrogen-bond donors (Lipinski definition) is 4. The van der Waals surface area contributed by atoms with Gasteiger partial charge in [-0.2, -0.15) is 13.2 Å². The fourth-order valence-electron chi connectivity index (χ4n) is 7.31. The standard InChI is InChI=1S/C36H33F5N2O6/c1-49-29-12-6-18(23-15-19(5-10-27(23)37)32(44)35(47)48)14-25(29)33(45)43-31-22-9-8-21(24(22)13-17-3-2-4-17)30(31)34(46)42-20-7-11-28(38)26(16-20)36(39,40)41/h5-7,10-17,21-22,30-32,44H,2-4,8-9H2,1H3,(H,42,46)(H,43,45)(H,47,48)/b24-13-/t21?,22?,30-,31?,32?/m0/s1. The predicted octanol–water partition coefficient (Wildman–Crippen LogP) is 6.90. The van der Waals surface area contributed by atoms with E-state index in [4.69, 9.17) is 4.74 Å². The minimum absolute atomic E-state index is 0.0107. The Bertz CT molecular complexity index is 1840. The first kappa shape index (κ1) is 34.1. The molecule has 6 rings (SSSR count). The molecule has 3 saturated carbocycles. The van der Waals surface area contributed by atoms with Crippen LogP contribution in [0, 0.1) is 35.3 Å². The molecule has 0 radical (unpaired) electrons. The highest BCUT2D eigenvalue weighted by molar-refractivity contribution is 6.00. The minimum atomic E-state index is -4.97. The SMILES string of the molecule is COc1ccc(-c2cc(C(O)C(=O)O)ccc2F)cc1C(=O)NC1C2CCC(/C2=C/C2CCC2)[C@@H]1C(=O)Nc1ccc(F)c(C(F)(F)F)c1. The molecule has 49 heavy (non-hydrogen) atoms. The van der Waals surface area contributed by atoms with Gasteiger partial charge in [-0.25, -0.2) is 13.6 Å². The molecular formula is C36H33F5N2O6. The van der Waals surface area contributed by atoms with Crippen molar-refractivity contribution in [3.05, 3.63) is 94.6 Å². The van der Waals surface area contributed by atoms with Crippen molar-refractivity contribution in [3.8, 4) is 16.9 Å². The first-order valence-corrected chi connectivity index (χ1v) is 15.9. The first-order chi connectivity index (χ1) is 23.3. The molecule has 0 aliphatic heterocycles. The van der Waals surface area contributed by atoms with Crippen LogP contribution in [0.5, 0.6) is 5.75 Å². The lowest BCUT2D eigenvalue weighted by Crippen LogP contribution is -2.48. The van der Waals surface area contributed by atoms with Gasteiger partial charge in [0.25, 0.3) is 5.91 Å². The molecule has 0 spiro atoms. The number of carbonyl (C=O) groups is 3. The highest BCUT2D eigenvalue weighted by atomic mass is 19.4. The molecule has 0 saturated heterocycles. The van der Waals surface area contributed by atoms with Gasteiger partial charge in [0.05, 0.1) is 24.2 Å². The van der Waals surface area contributed by atoms with Gasteiger partial charge in [0.15, 0.2) is 6.10 Å². The van der Waals surface area contributed by atoms with Crippen LogP contribution in [-0.4, -0.2) is 41.1 Å². The van der Waals surface area contributed by atoms with E-state index in [1.807, 2.05) is 0 Å². The van der Waals surface area contributed by atoms with Crippen LogP contribution in [0.15, 0.2) is 66.2 Å². The number of rotatable bonds is 9. The van der Waals surface area contributed by atoms with Crippen LogP contribution in [-0.2, 0) is 15.8 Å². The zero-order valence-electron chi connectivity index (χ0n) is 26.2. The summed E-state index contributed by atoms with van der Waals surface area (Å²) in [7, 11) is 1.33. The highest BCUT2D eigenvalue weighted by Crippen LogP contribution is 2.54. The molecule has 258 valence electrons. The summed E-state index contributed by atoms with van der Waals surface area (Å²) in [6.45, 7) is 0. The Morgan fingerprint density at radius 3 is 2.31 bits per heavy atom. The Kier molecular flexibility index (Phi) is 9.23. The predicted molar refractivity (Wildman–Crippen MR) is 167 cm³/mol. The van der Waals surface area contributed by atoms with Crippen molar-refractivity contribution in [1.29, 1.82) is 0 Å². The number of hydrogen-bond acceptors (Lipinski definition) is 5. The lowest BCUT2D eigenvalue weighted by atomic mass is 9.82. The lowest BCUT2D eigenvalue weighted by molar-refractivity contribution is -0.147. The van der Waals surface area contributed by atoms with Crippen LogP contribution in [0.4, 0.5) is 27.6 Å². The molecule has 8 nitrogen and oxygen atoms in total. The summed E-state index contributed by atoms with van der Waals surface area (Å²) in [5.41, 5.74) is -0.689. The van der Waals surface area contributed by atoms with Gasteiger partial charge in [0.2, 0.25) is 5.91 Å². The molecule has 2 bridgehead atoms. The smallest absolute Gasteiger partial charge is 0.419 e. The van der Waals surface area contributed by atoms with Gasteiger partial charge in [-0.05, 0) is 91.1 Å². The van der Waals surface area contributed by atoms with Gasteiger partial charge in [-0.15, -0.1) is 0 Å². The monoisotopic (exact) mass is 684 g/mol. The third-order valence-electron chi connectivity index (χ3n) is 9.91. The van der Waals surface area contributed by atoms with Gasteiger partial charge in [-0.1, -0.05) is 30.2 Å². The second kappa shape index (κ2) is 13.3. The molecule has 3 fully saturated rings. The number of ether oxygens (including phenoxy) is 1. The lowest BCUT2D eigenvalue weighted by Gasteiger charge is -2.30. The van der Waals surface area contributed by atoms with Crippen LogP contribution in [0.3, 0.4) is 0 Å². The number of carboxylic acid groups (broad SMARTS) is 1. The average molecular weight is 685 g/mol. The summed E-state index contributed by atoms with van der Waals surface area (Å²) in [5.74, 6) is -5.88. The summed E-state index contributed by atoms with van der Waals surface area (Å²) in [5, 5.41) is 24.7. The van der Waals surface area contributed by atoms with Crippen LogP contribution < -0.4 is 15.4 Å². The number of allylic oxidation sites excluding steroid dienone is 1. The van der Waals surface area contributed by atoms with E-state index in [1.165, 1.54) is 31.4 Å². The van der Waals surface area contributed by atoms with Crippen molar-refractivity contribution < 1.29 is 51.3 Å². The molecular weight excluding hydrogens is 651 g/mol. The molecule has 3 aromatic carbocycles. The van der Waals surface area contributed by atoms with E-state index in [2.05, 4.69) is 16.7 Å². The zero-order valence-corrected chi connectivity index (χ0v) is 26.2. The second-order valence-electron chi connectivity index (χ2n) is 12.7. The molecule has 0 aromatic heterocycles. The molecule has 2 amide bonds. The number of aliphatic hydroxyl groups is 1. The highest BCUT2D eigenvalue weighted by Gasteiger charge is 2.55. The molecule has 3 aliphatic carbocycles. The Labute approximate surface area is 278 Å².